The van der Waals surface area contributed by atoms with Crippen molar-refractivity contribution >= 4 is 23.2 Å². The Morgan fingerprint density at radius 3 is 2.30 bits per heavy atom. The zero-order chi connectivity index (χ0) is 14.9. The molecule has 0 aliphatic carbocycles. The molecule has 0 saturated carbocycles. The van der Waals surface area contributed by atoms with E-state index in [1.165, 1.54) is 0 Å². The molecule has 0 unspecified atom stereocenters. The van der Waals surface area contributed by atoms with E-state index in [1.54, 1.807) is 12.1 Å². The topological polar surface area (TPSA) is 35.0 Å². The molecule has 0 fully saturated rings. The number of para-hydroxylation sites is 1. The van der Waals surface area contributed by atoms with Gasteiger partial charge in [-0.2, -0.15) is 4.98 Å². The summed E-state index contributed by atoms with van der Waals surface area (Å²) in [6.07, 6.45) is 0. The Bertz CT molecular complexity index is 636. The first-order valence-corrected chi connectivity index (χ1v) is 7.01. The van der Waals surface area contributed by atoms with Crippen LogP contribution in [0.4, 0.5) is 0 Å². The summed E-state index contributed by atoms with van der Waals surface area (Å²) in [5, 5.41) is 0.922. The van der Waals surface area contributed by atoms with Gasteiger partial charge in [0.1, 0.15) is 16.7 Å². The lowest BCUT2D eigenvalue weighted by Crippen LogP contribution is -2.17. The highest BCUT2D eigenvalue weighted by atomic mass is 35.5. The molecule has 106 valence electrons. The lowest BCUT2D eigenvalue weighted by Gasteiger charge is -2.19. The summed E-state index contributed by atoms with van der Waals surface area (Å²) in [7, 11) is 0. The summed E-state index contributed by atoms with van der Waals surface area (Å²) in [6, 6.07) is 7.24. The molecule has 5 heteroatoms. The fourth-order valence-electron chi connectivity index (χ4n) is 1.54. The normalized spacial score (nSPS) is 11.5. The van der Waals surface area contributed by atoms with Gasteiger partial charge in [-0.15, -0.1) is 0 Å². The molecule has 2 aromatic rings. The maximum Gasteiger partial charge on any atom is 0.227 e. The summed E-state index contributed by atoms with van der Waals surface area (Å²) in [4.78, 5) is 8.77. The van der Waals surface area contributed by atoms with Crippen molar-refractivity contribution in [1.29, 1.82) is 0 Å². The Hall–Kier alpha value is -1.32. The molecule has 0 atom stereocenters. The quantitative estimate of drug-likeness (QED) is 0.717. The van der Waals surface area contributed by atoms with Crippen LogP contribution in [0, 0.1) is 6.92 Å². The lowest BCUT2D eigenvalue weighted by molar-refractivity contribution is 0.442. The Morgan fingerprint density at radius 2 is 1.70 bits per heavy atom. The molecule has 0 radical (unpaired) electrons. The Labute approximate surface area is 128 Å². The highest BCUT2D eigenvalue weighted by molar-refractivity contribution is 6.32. The number of rotatable bonds is 2. The average molecular weight is 311 g/mol. The maximum absolute atomic E-state index is 6.17. The molecule has 2 rings (SSSR count). The SMILES string of the molecule is Cc1c(Cl)nc(C(C)(C)C)nc1Oc1ccccc1Cl. The van der Waals surface area contributed by atoms with E-state index in [9.17, 15) is 0 Å². The van der Waals surface area contributed by atoms with Gasteiger partial charge in [0.05, 0.1) is 5.02 Å². The van der Waals surface area contributed by atoms with Gasteiger partial charge in [0, 0.05) is 11.0 Å². The number of aromatic nitrogens is 2. The summed E-state index contributed by atoms with van der Waals surface area (Å²) in [5.41, 5.74) is 0.482. The Morgan fingerprint density at radius 1 is 1.05 bits per heavy atom. The molecule has 0 aliphatic rings. The van der Waals surface area contributed by atoms with E-state index in [4.69, 9.17) is 27.9 Å². The predicted octanol–water partition coefficient (Wildman–Crippen LogP) is 5.18. The molecule has 0 N–H and O–H groups in total. The van der Waals surface area contributed by atoms with Crippen LogP contribution in [-0.2, 0) is 5.41 Å². The highest BCUT2D eigenvalue weighted by Crippen LogP contribution is 2.33. The van der Waals surface area contributed by atoms with E-state index in [0.717, 1.165) is 0 Å². The smallest absolute Gasteiger partial charge is 0.227 e. The lowest BCUT2D eigenvalue weighted by atomic mass is 9.96. The number of ether oxygens (including phenoxy) is 1. The first-order valence-electron chi connectivity index (χ1n) is 6.26. The predicted molar refractivity (Wildman–Crippen MR) is 82.0 cm³/mol. The van der Waals surface area contributed by atoms with Crippen molar-refractivity contribution in [2.45, 2.75) is 33.1 Å². The van der Waals surface area contributed by atoms with Crippen molar-refractivity contribution < 1.29 is 4.74 Å². The van der Waals surface area contributed by atoms with Crippen molar-refractivity contribution in [3.8, 4) is 11.6 Å². The van der Waals surface area contributed by atoms with Gasteiger partial charge in [0.2, 0.25) is 5.88 Å². The largest absolute Gasteiger partial charge is 0.437 e. The third kappa shape index (κ3) is 3.22. The van der Waals surface area contributed by atoms with E-state index in [2.05, 4.69) is 9.97 Å². The van der Waals surface area contributed by atoms with E-state index >= 15 is 0 Å². The average Bonchev–Trinajstić information content (AvgIpc) is 2.36. The zero-order valence-electron chi connectivity index (χ0n) is 11.9. The van der Waals surface area contributed by atoms with Crippen LogP contribution in [0.25, 0.3) is 0 Å². The third-order valence-electron chi connectivity index (χ3n) is 2.76. The molecule has 1 aromatic carbocycles. The molecule has 3 nitrogen and oxygen atoms in total. The first kappa shape index (κ1) is 15.1. The fraction of sp³-hybridized carbons (Fsp3) is 0.333. The molecule has 0 spiro atoms. The van der Waals surface area contributed by atoms with E-state index < -0.39 is 0 Å². The summed E-state index contributed by atoms with van der Waals surface area (Å²) in [6.45, 7) is 7.88. The van der Waals surface area contributed by atoms with Gasteiger partial charge in [-0.05, 0) is 19.1 Å². The molecule has 0 aliphatic heterocycles. The summed E-state index contributed by atoms with van der Waals surface area (Å²) < 4.78 is 5.79. The van der Waals surface area contributed by atoms with Crippen LogP contribution in [0.2, 0.25) is 10.2 Å². The fourth-order valence-corrected chi connectivity index (χ4v) is 1.87. The monoisotopic (exact) mass is 310 g/mol. The van der Waals surface area contributed by atoms with E-state index in [-0.39, 0.29) is 5.41 Å². The van der Waals surface area contributed by atoms with Crippen LogP contribution in [0.1, 0.15) is 32.2 Å². The molecule has 0 bridgehead atoms. The zero-order valence-corrected chi connectivity index (χ0v) is 13.4. The number of nitrogens with zero attached hydrogens (tertiary/aromatic N) is 2. The van der Waals surface area contributed by atoms with Crippen molar-refractivity contribution in [2.75, 3.05) is 0 Å². The Balaban J connectivity index is 2.46. The van der Waals surface area contributed by atoms with Crippen LogP contribution in [-0.4, -0.2) is 9.97 Å². The third-order valence-corrected chi connectivity index (χ3v) is 3.44. The second-order valence-electron chi connectivity index (χ2n) is 5.55. The van der Waals surface area contributed by atoms with Crippen molar-refractivity contribution in [2.24, 2.45) is 0 Å². The van der Waals surface area contributed by atoms with Gasteiger partial charge in [0.25, 0.3) is 0 Å². The van der Waals surface area contributed by atoms with Crippen molar-refractivity contribution in [3.05, 3.63) is 45.8 Å². The number of benzene rings is 1. The van der Waals surface area contributed by atoms with Crippen LogP contribution in [0.5, 0.6) is 11.6 Å². The van der Waals surface area contributed by atoms with Crippen molar-refractivity contribution in [3.63, 3.8) is 0 Å². The second-order valence-corrected chi connectivity index (χ2v) is 6.32. The van der Waals surface area contributed by atoms with Gasteiger partial charge < -0.3 is 4.74 Å². The standard InChI is InChI=1S/C15H16Cl2N2O/c1-9-12(17)18-14(15(2,3)4)19-13(9)20-11-8-6-5-7-10(11)16/h5-8H,1-4H3. The van der Waals surface area contributed by atoms with Gasteiger partial charge >= 0.3 is 0 Å². The minimum atomic E-state index is -0.212. The molecule has 0 amide bonds. The van der Waals surface area contributed by atoms with Crippen LogP contribution < -0.4 is 4.74 Å². The van der Waals surface area contributed by atoms with E-state index in [1.807, 2.05) is 39.8 Å². The van der Waals surface area contributed by atoms with Gasteiger partial charge in [-0.3, -0.25) is 0 Å². The summed E-state index contributed by atoms with van der Waals surface area (Å²) in [5.74, 6) is 1.62. The second kappa shape index (κ2) is 5.58. The minimum Gasteiger partial charge on any atom is -0.437 e. The molecular formula is C15H16Cl2N2O. The first-order chi connectivity index (χ1) is 9.29. The van der Waals surface area contributed by atoms with Gasteiger partial charge in [-0.25, -0.2) is 4.98 Å². The van der Waals surface area contributed by atoms with Crippen molar-refractivity contribution in [1.82, 2.24) is 9.97 Å². The van der Waals surface area contributed by atoms with Gasteiger partial charge in [-0.1, -0.05) is 56.1 Å². The number of hydrogen-bond donors (Lipinski definition) is 0. The van der Waals surface area contributed by atoms with E-state index in [0.29, 0.717) is 33.2 Å². The number of halogens is 2. The van der Waals surface area contributed by atoms with Crippen LogP contribution in [0.3, 0.4) is 0 Å². The van der Waals surface area contributed by atoms with Gasteiger partial charge in [0.15, 0.2) is 0 Å². The Kier molecular flexibility index (Phi) is 4.21. The minimum absolute atomic E-state index is 0.212. The maximum atomic E-state index is 6.17. The highest BCUT2D eigenvalue weighted by Gasteiger charge is 2.21. The molecule has 1 aromatic heterocycles. The summed E-state index contributed by atoms with van der Waals surface area (Å²) >= 11 is 12.3. The molecule has 1 heterocycles. The van der Waals surface area contributed by atoms with Crippen LogP contribution in [0.15, 0.2) is 24.3 Å². The molecular weight excluding hydrogens is 295 g/mol. The van der Waals surface area contributed by atoms with Crippen LogP contribution >= 0.6 is 23.2 Å². The molecule has 20 heavy (non-hydrogen) atoms. The number of hydrogen-bond acceptors (Lipinski definition) is 3. The molecule has 0 saturated heterocycles.